The molecule has 0 atom stereocenters. The van der Waals surface area contributed by atoms with Crippen molar-refractivity contribution in [1.29, 1.82) is 0 Å². The minimum atomic E-state index is -0.259. The van der Waals surface area contributed by atoms with Crippen LogP contribution in [0.15, 0.2) is 12.3 Å². The van der Waals surface area contributed by atoms with E-state index in [1.165, 1.54) is 6.20 Å². The van der Waals surface area contributed by atoms with E-state index in [4.69, 9.17) is 0 Å². The average Bonchev–Trinajstić information content (AvgIpc) is 2.37. The number of thioether (sulfide) groups is 1. The molecule has 0 unspecified atom stereocenters. The number of halogens is 1. The molecule has 1 aliphatic heterocycles. The third-order valence-electron chi connectivity index (χ3n) is 3.50. The first-order valence-corrected chi connectivity index (χ1v) is 8.60. The third kappa shape index (κ3) is 4.85. The van der Waals surface area contributed by atoms with E-state index in [0.29, 0.717) is 12.5 Å². The molecule has 1 N–H and O–H groups in total. The molecule has 5 heteroatoms. The van der Waals surface area contributed by atoms with E-state index in [1.54, 1.807) is 6.07 Å². The predicted molar refractivity (Wildman–Crippen MR) is 89.5 cm³/mol. The molecule has 1 saturated heterocycles. The Morgan fingerprint density at radius 1 is 1.48 bits per heavy atom. The number of hydrogen-bond acceptors (Lipinski definition) is 4. The van der Waals surface area contributed by atoms with Crippen LogP contribution in [0, 0.1) is 11.7 Å². The van der Waals surface area contributed by atoms with Gasteiger partial charge in [-0.05, 0) is 32.4 Å². The van der Waals surface area contributed by atoms with Crippen LogP contribution >= 0.6 is 11.8 Å². The second-order valence-corrected chi connectivity index (χ2v) is 8.49. The maximum atomic E-state index is 13.5. The fourth-order valence-corrected chi connectivity index (χ4v) is 3.69. The Kier molecular flexibility index (Phi) is 5.49. The van der Waals surface area contributed by atoms with Crippen molar-refractivity contribution in [3.05, 3.63) is 23.6 Å². The Morgan fingerprint density at radius 2 is 2.24 bits per heavy atom. The first kappa shape index (κ1) is 16.6. The number of aromatic nitrogens is 1. The van der Waals surface area contributed by atoms with Gasteiger partial charge in [0.2, 0.25) is 0 Å². The predicted octanol–water partition coefficient (Wildman–Crippen LogP) is 3.30. The van der Waals surface area contributed by atoms with Gasteiger partial charge in [-0.15, -0.1) is 0 Å². The molecule has 0 amide bonds. The van der Waals surface area contributed by atoms with Gasteiger partial charge in [0, 0.05) is 35.7 Å². The summed E-state index contributed by atoms with van der Waals surface area (Å²) in [5.41, 5.74) is 0.957. The van der Waals surface area contributed by atoms with Gasteiger partial charge in [-0.2, -0.15) is 11.8 Å². The molecule has 0 radical (unpaired) electrons. The number of anilines is 1. The second-order valence-electron chi connectivity index (χ2n) is 6.69. The maximum Gasteiger partial charge on any atom is 0.141 e. The van der Waals surface area contributed by atoms with Crippen LogP contribution in [-0.2, 0) is 6.54 Å². The van der Waals surface area contributed by atoms with Crippen molar-refractivity contribution >= 4 is 17.6 Å². The van der Waals surface area contributed by atoms with Crippen molar-refractivity contribution in [2.24, 2.45) is 5.92 Å². The van der Waals surface area contributed by atoms with Crippen LogP contribution in [0.1, 0.15) is 33.3 Å². The second kappa shape index (κ2) is 6.97. The average molecular weight is 311 g/mol. The lowest BCUT2D eigenvalue weighted by atomic mass is 10.1. The van der Waals surface area contributed by atoms with E-state index in [0.717, 1.165) is 36.8 Å². The molecule has 1 fully saturated rings. The monoisotopic (exact) mass is 311 g/mol. The Balaban J connectivity index is 2.14. The highest BCUT2D eigenvalue weighted by molar-refractivity contribution is 8.00. The van der Waals surface area contributed by atoms with Gasteiger partial charge in [0.15, 0.2) is 0 Å². The Labute approximate surface area is 131 Å². The number of nitrogens with zero attached hydrogens (tertiary/aromatic N) is 2. The number of nitrogens with one attached hydrogen (secondary N) is 1. The molecule has 2 rings (SSSR count). The molecule has 0 bridgehead atoms. The largest absolute Gasteiger partial charge is 0.354 e. The SMILES string of the molecule is CC(C)CNCc1cc(F)cnc1N1CCSC(C)(C)C1. The highest BCUT2D eigenvalue weighted by atomic mass is 32.2. The molecule has 0 aliphatic carbocycles. The van der Waals surface area contributed by atoms with Gasteiger partial charge >= 0.3 is 0 Å². The molecule has 3 nitrogen and oxygen atoms in total. The zero-order valence-electron chi connectivity index (χ0n) is 13.4. The normalized spacial score (nSPS) is 18.3. The topological polar surface area (TPSA) is 28.2 Å². The summed E-state index contributed by atoms with van der Waals surface area (Å²) in [7, 11) is 0. The summed E-state index contributed by atoms with van der Waals surface area (Å²) in [6, 6.07) is 1.62. The van der Waals surface area contributed by atoms with Crippen LogP contribution in [0.3, 0.4) is 0 Å². The van der Waals surface area contributed by atoms with Crippen molar-refractivity contribution in [3.8, 4) is 0 Å². The standard InChI is InChI=1S/C16H26FN3S/c1-12(2)8-18-9-13-7-14(17)10-19-15(13)20-5-6-21-16(3,4)11-20/h7,10,12,18H,5-6,8-9,11H2,1-4H3. The van der Waals surface area contributed by atoms with E-state index in [1.807, 2.05) is 11.8 Å². The lowest BCUT2D eigenvalue weighted by Crippen LogP contribution is -2.44. The summed E-state index contributed by atoms with van der Waals surface area (Å²) >= 11 is 1.99. The lowest BCUT2D eigenvalue weighted by Gasteiger charge is -2.39. The molecule has 1 aliphatic rings. The van der Waals surface area contributed by atoms with Crippen LogP contribution in [-0.4, -0.2) is 35.1 Å². The summed E-state index contributed by atoms with van der Waals surface area (Å²) in [6.07, 6.45) is 1.33. The van der Waals surface area contributed by atoms with Crippen molar-refractivity contribution in [2.45, 2.75) is 39.0 Å². The summed E-state index contributed by atoms with van der Waals surface area (Å²) in [5.74, 6) is 2.34. The molecule has 2 heterocycles. The molecule has 21 heavy (non-hydrogen) atoms. The Hall–Kier alpha value is -0.810. The van der Waals surface area contributed by atoms with Crippen molar-refractivity contribution in [3.63, 3.8) is 0 Å². The molecule has 0 spiro atoms. The summed E-state index contributed by atoms with van der Waals surface area (Å²) in [5, 5.41) is 3.39. The van der Waals surface area contributed by atoms with Gasteiger partial charge in [0.25, 0.3) is 0 Å². The molecule has 1 aromatic rings. The Bertz CT molecular complexity index is 477. The van der Waals surface area contributed by atoms with E-state index >= 15 is 0 Å². The highest BCUT2D eigenvalue weighted by Crippen LogP contribution is 2.32. The van der Waals surface area contributed by atoms with Crippen LogP contribution in [0.4, 0.5) is 10.2 Å². The summed E-state index contributed by atoms with van der Waals surface area (Å²) < 4.78 is 13.8. The minimum absolute atomic E-state index is 0.219. The fourth-order valence-electron chi connectivity index (χ4n) is 2.58. The van der Waals surface area contributed by atoms with E-state index in [2.05, 4.69) is 42.9 Å². The first-order valence-electron chi connectivity index (χ1n) is 7.61. The van der Waals surface area contributed by atoms with Gasteiger partial charge in [-0.3, -0.25) is 0 Å². The molecule has 118 valence electrons. The highest BCUT2D eigenvalue weighted by Gasteiger charge is 2.28. The molecule has 0 aromatic carbocycles. The quantitative estimate of drug-likeness (QED) is 0.903. The van der Waals surface area contributed by atoms with Crippen LogP contribution in [0.2, 0.25) is 0 Å². The van der Waals surface area contributed by atoms with Crippen molar-refractivity contribution in [1.82, 2.24) is 10.3 Å². The zero-order valence-corrected chi connectivity index (χ0v) is 14.3. The maximum absolute atomic E-state index is 13.5. The summed E-state index contributed by atoms with van der Waals surface area (Å²) in [6.45, 7) is 12.4. The molecular weight excluding hydrogens is 285 g/mol. The van der Waals surface area contributed by atoms with Crippen molar-refractivity contribution < 1.29 is 4.39 Å². The molecule has 1 aromatic heterocycles. The third-order valence-corrected chi connectivity index (χ3v) is 4.80. The number of hydrogen-bond donors (Lipinski definition) is 1. The van der Waals surface area contributed by atoms with Gasteiger partial charge in [-0.25, -0.2) is 9.37 Å². The van der Waals surface area contributed by atoms with Gasteiger partial charge in [-0.1, -0.05) is 13.8 Å². The van der Waals surface area contributed by atoms with E-state index in [-0.39, 0.29) is 10.6 Å². The van der Waals surface area contributed by atoms with Crippen molar-refractivity contribution in [2.75, 3.05) is 30.3 Å². The number of rotatable bonds is 5. The Morgan fingerprint density at radius 3 is 2.90 bits per heavy atom. The van der Waals surface area contributed by atoms with Crippen LogP contribution in [0.5, 0.6) is 0 Å². The zero-order chi connectivity index (χ0) is 15.5. The smallest absolute Gasteiger partial charge is 0.141 e. The van der Waals surface area contributed by atoms with Gasteiger partial charge in [0.05, 0.1) is 6.20 Å². The molecule has 0 saturated carbocycles. The lowest BCUT2D eigenvalue weighted by molar-refractivity contribution is 0.546. The molecular formula is C16H26FN3S. The van der Waals surface area contributed by atoms with Gasteiger partial charge < -0.3 is 10.2 Å². The van der Waals surface area contributed by atoms with E-state index in [9.17, 15) is 4.39 Å². The van der Waals surface area contributed by atoms with Gasteiger partial charge in [0.1, 0.15) is 11.6 Å². The fraction of sp³-hybridized carbons (Fsp3) is 0.688. The van der Waals surface area contributed by atoms with Crippen LogP contribution in [0.25, 0.3) is 0 Å². The van der Waals surface area contributed by atoms with Crippen LogP contribution < -0.4 is 10.2 Å². The van der Waals surface area contributed by atoms with E-state index < -0.39 is 0 Å². The first-order chi connectivity index (χ1) is 9.87. The number of pyridine rings is 1. The summed E-state index contributed by atoms with van der Waals surface area (Å²) in [4.78, 5) is 6.66. The minimum Gasteiger partial charge on any atom is -0.354 e.